The highest BCUT2D eigenvalue weighted by Crippen LogP contribution is 2.20. The van der Waals surface area contributed by atoms with Gasteiger partial charge in [-0.1, -0.05) is 54.6 Å². The Hall–Kier alpha value is -2.46. The van der Waals surface area contributed by atoms with Gasteiger partial charge in [0.15, 0.2) is 5.78 Å². The number of nitrogens with zero attached hydrogens (tertiary/aromatic N) is 1. The minimum Gasteiger partial charge on any atom is -0.371 e. The minimum atomic E-state index is -0.0215. The maximum Gasteiger partial charge on any atom is 0.222 e. The molecule has 4 nitrogen and oxygen atoms in total. The van der Waals surface area contributed by atoms with E-state index < -0.39 is 0 Å². The number of benzene rings is 2. The van der Waals surface area contributed by atoms with E-state index in [0.29, 0.717) is 18.7 Å². The molecule has 25 heavy (non-hydrogen) atoms. The van der Waals surface area contributed by atoms with Crippen LogP contribution in [0, 0.1) is 0 Å². The summed E-state index contributed by atoms with van der Waals surface area (Å²) in [4.78, 5) is 26.1. The Balaban J connectivity index is 1.48. The van der Waals surface area contributed by atoms with Gasteiger partial charge in [0.05, 0.1) is 12.7 Å². The summed E-state index contributed by atoms with van der Waals surface area (Å²) < 4.78 is 5.86. The fourth-order valence-electron chi connectivity index (χ4n) is 3.11. The van der Waals surface area contributed by atoms with Crippen molar-refractivity contribution >= 4 is 11.7 Å². The fourth-order valence-corrected chi connectivity index (χ4v) is 3.11. The second-order valence-electron chi connectivity index (χ2n) is 6.47. The summed E-state index contributed by atoms with van der Waals surface area (Å²) in [5, 5.41) is 0. The molecule has 2 aromatic rings. The molecule has 0 bridgehead atoms. The summed E-state index contributed by atoms with van der Waals surface area (Å²) in [7, 11) is 1.78. The smallest absolute Gasteiger partial charge is 0.222 e. The number of amides is 1. The van der Waals surface area contributed by atoms with Gasteiger partial charge in [0, 0.05) is 38.4 Å². The Kier molecular flexibility index (Phi) is 5.61. The van der Waals surface area contributed by atoms with Crippen molar-refractivity contribution in [3.05, 3.63) is 71.3 Å². The van der Waals surface area contributed by atoms with Crippen molar-refractivity contribution in [2.24, 2.45) is 0 Å². The van der Waals surface area contributed by atoms with Crippen molar-refractivity contribution in [3.8, 4) is 0 Å². The number of likely N-dealkylation sites (N-methyl/N-ethyl adjacent to an activating group) is 1. The summed E-state index contributed by atoms with van der Waals surface area (Å²) in [6, 6.07) is 17.3. The highest BCUT2D eigenvalue weighted by Gasteiger charge is 2.22. The van der Waals surface area contributed by atoms with Gasteiger partial charge in [-0.15, -0.1) is 0 Å². The highest BCUT2D eigenvalue weighted by atomic mass is 16.5. The van der Waals surface area contributed by atoms with Crippen LogP contribution in [0.15, 0.2) is 54.6 Å². The van der Waals surface area contributed by atoms with E-state index in [1.807, 2.05) is 30.3 Å². The fraction of sp³-hybridized carbons (Fsp3) is 0.333. The summed E-state index contributed by atoms with van der Waals surface area (Å²) in [5.41, 5.74) is 3.17. The normalized spacial score (nSPS) is 16.1. The number of hydrogen-bond acceptors (Lipinski definition) is 3. The molecule has 0 aliphatic carbocycles. The standard InChI is InChI=1S/C21H23NO3/c1-22(14-19-13-17-9-5-6-10-18(17)15-25-19)21(24)12-11-20(23)16-7-3-2-4-8-16/h2-10,19H,11-15H2,1H3. The summed E-state index contributed by atoms with van der Waals surface area (Å²) in [6.45, 7) is 1.14. The van der Waals surface area contributed by atoms with Crippen LogP contribution in [-0.4, -0.2) is 36.3 Å². The van der Waals surface area contributed by atoms with Crippen molar-refractivity contribution in [1.29, 1.82) is 0 Å². The molecule has 2 aromatic carbocycles. The summed E-state index contributed by atoms with van der Waals surface area (Å²) >= 11 is 0. The van der Waals surface area contributed by atoms with Gasteiger partial charge < -0.3 is 9.64 Å². The molecule has 4 heteroatoms. The molecule has 130 valence electrons. The zero-order valence-electron chi connectivity index (χ0n) is 14.5. The Bertz CT molecular complexity index is 742. The van der Waals surface area contributed by atoms with Gasteiger partial charge in [-0.25, -0.2) is 0 Å². The molecule has 1 amide bonds. The Morgan fingerprint density at radius 3 is 2.44 bits per heavy atom. The van der Waals surface area contributed by atoms with Gasteiger partial charge in [0.2, 0.25) is 5.91 Å². The first-order chi connectivity index (χ1) is 12.1. The van der Waals surface area contributed by atoms with E-state index in [9.17, 15) is 9.59 Å². The first-order valence-corrected chi connectivity index (χ1v) is 8.64. The molecule has 0 aromatic heterocycles. The number of carbonyl (C=O) groups excluding carboxylic acids is 2. The van der Waals surface area contributed by atoms with E-state index in [-0.39, 0.29) is 30.6 Å². The van der Waals surface area contributed by atoms with E-state index in [1.165, 1.54) is 11.1 Å². The number of ether oxygens (including phenoxy) is 1. The monoisotopic (exact) mass is 337 g/mol. The highest BCUT2D eigenvalue weighted by molar-refractivity contribution is 5.97. The predicted molar refractivity (Wildman–Crippen MR) is 96.4 cm³/mol. The van der Waals surface area contributed by atoms with Gasteiger partial charge in [0.25, 0.3) is 0 Å². The van der Waals surface area contributed by atoms with Crippen molar-refractivity contribution in [2.75, 3.05) is 13.6 Å². The zero-order valence-corrected chi connectivity index (χ0v) is 14.5. The van der Waals surface area contributed by atoms with Crippen LogP contribution in [0.25, 0.3) is 0 Å². The lowest BCUT2D eigenvalue weighted by molar-refractivity contribution is -0.132. The topological polar surface area (TPSA) is 46.6 Å². The second-order valence-corrected chi connectivity index (χ2v) is 6.47. The molecule has 0 saturated heterocycles. The second kappa shape index (κ2) is 8.08. The number of fused-ring (bicyclic) bond motifs is 1. The lowest BCUT2D eigenvalue weighted by Crippen LogP contribution is -2.38. The average Bonchev–Trinajstić information content (AvgIpc) is 2.66. The number of ketones is 1. The molecular weight excluding hydrogens is 314 g/mol. The maximum absolute atomic E-state index is 12.3. The third-order valence-electron chi connectivity index (χ3n) is 4.61. The first-order valence-electron chi connectivity index (χ1n) is 8.64. The van der Waals surface area contributed by atoms with Crippen molar-refractivity contribution in [3.63, 3.8) is 0 Å². The van der Waals surface area contributed by atoms with Crippen LogP contribution in [0.5, 0.6) is 0 Å². The van der Waals surface area contributed by atoms with Crippen LogP contribution in [-0.2, 0) is 22.6 Å². The third-order valence-corrected chi connectivity index (χ3v) is 4.61. The van der Waals surface area contributed by atoms with Gasteiger partial charge in [-0.05, 0) is 11.1 Å². The molecule has 1 atom stereocenters. The van der Waals surface area contributed by atoms with Gasteiger partial charge in [0.1, 0.15) is 0 Å². The number of hydrogen-bond donors (Lipinski definition) is 0. The van der Waals surface area contributed by atoms with Crippen LogP contribution in [0.4, 0.5) is 0 Å². The van der Waals surface area contributed by atoms with E-state index >= 15 is 0 Å². The third kappa shape index (κ3) is 4.54. The van der Waals surface area contributed by atoms with Gasteiger partial charge >= 0.3 is 0 Å². The van der Waals surface area contributed by atoms with Crippen molar-refractivity contribution in [1.82, 2.24) is 4.90 Å². The number of rotatable bonds is 6. The molecule has 1 unspecified atom stereocenters. The molecule has 0 radical (unpaired) electrons. The Morgan fingerprint density at radius 2 is 1.68 bits per heavy atom. The van der Waals surface area contributed by atoms with E-state index in [2.05, 4.69) is 12.1 Å². The van der Waals surface area contributed by atoms with Crippen LogP contribution in [0.3, 0.4) is 0 Å². The molecule has 3 rings (SSSR count). The lowest BCUT2D eigenvalue weighted by atomic mass is 9.99. The SMILES string of the molecule is CN(CC1Cc2ccccc2CO1)C(=O)CCC(=O)c1ccccc1. The lowest BCUT2D eigenvalue weighted by Gasteiger charge is -2.29. The zero-order chi connectivity index (χ0) is 17.6. The molecule has 0 spiro atoms. The molecule has 1 aliphatic heterocycles. The Labute approximate surface area is 148 Å². The van der Waals surface area contributed by atoms with Crippen LogP contribution in [0.2, 0.25) is 0 Å². The molecule has 1 heterocycles. The molecule has 1 aliphatic rings. The molecular formula is C21H23NO3. The maximum atomic E-state index is 12.3. The molecule has 0 N–H and O–H groups in total. The first kappa shape index (κ1) is 17.4. The van der Waals surface area contributed by atoms with Crippen LogP contribution < -0.4 is 0 Å². The summed E-state index contributed by atoms with van der Waals surface area (Å²) in [6.07, 6.45) is 1.29. The number of carbonyl (C=O) groups is 2. The quantitative estimate of drug-likeness (QED) is 0.760. The van der Waals surface area contributed by atoms with E-state index in [1.54, 1.807) is 24.1 Å². The van der Waals surface area contributed by atoms with E-state index in [0.717, 1.165) is 6.42 Å². The van der Waals surface area contributed by atoms with E-state index in [4.69, 9.17) is 4.74 Å². The van der Waals surface area contributed by atoms with Gasteiger partial charge in [-0.2, -0.15) is 0 Å². The largest absolute Gasteiger partial charge is 0.371 e. The van der Waals surface area contributed by atoms with Gasteiger partial charge in [-0.3, -0.25) is 9.59 Å². The van der Waals surface area contributed by atoms with Crippen LogP contribution >= 0.6 is 0 Å². The molecule has 0 saturated carbocycles. The predicted octanol–water partition coefficient (Wildman–Crippen LogP) is 3.25. The Morgan fingerprint density at radius 1 is 1.00 bits per heavy atom. The van der Waals surface area contributed by atoms with Crippen molar-refractivity contribution < 1.29 is 14.3 Å². The summed E-state index contributed by atoms with van der Waals surface area (Å²) in [5.74, 6) is -0.0167. The molecule has 0 fully saturated rings. The van der Waals surface area contributed by atoms with Crippen LogP contribution in [0.1, 0.15) is 34.3 Å². The minimum absolute atomic E-state index is 0.00481. The average molecular weight is 337 g/mol. The van der Waals surface area contributed by atoms with Crippen molar-refractivity contribution in [2.45, 2.75) is 32.0 Å². The number of Topliss-reactive ketones (excluding diaryl/α,β-unsaturated/α-hetero) is 1.